The fraction of sp³-hybridized carbons (Fsp3) is 0.722. The number of aromatic nitrogens is 2. The number of amides is 1. The molecule has 0 radical (unpaired) electrons. The molecule has 0 aromatic carbocycles. The molecular weight excluding hydrogens is 304 g/mol. The van der Waals surface area contributed by atoms with Crippen molar-refractivity contribution in [2.45, 2.75) is 46.1 Å². The average molecular weight is 332 g/mol. The van der Waals surface area contributed by atoms with Gasteiger partial charge in [0.15, 0.2) is 0 Å². The van der Waals surface area contributed by atoms with Crippen LogP contribution in [0.1, 0.15) is 37.6 Å². The summed E-state index contributed by atoms with van der Waals surface area (Å²) in [5.41, 5.74) is 1.97. The first-order valence-electron chi connectivity index (χ1n) is 9.06. The second-order valence-corrected chi connectivity index (χ2v) is 6.83. The van der Waals surface area contributed by atoms with Crippen molar-refractivity contribution in [2.24, 2.45) is 5.92 Å². The third-order valence-electron chi connectivity index (χ3n) is 5.00. The van der Waals surface area contributed by atoms with E-state index in [4.69, 9.17) is 4.74 Å². The van der Waals surface area contributed by atoms with Crippen molar-refractivity contribution in [3.63, 3.8) is 0 Å². The molecule has 0 N–H and O–H groups in total. The predicted molar refractivity (Wildman–Crippen MR) is 93.1 cm³/mol. The molecule has 0 saturated carbocycles. The highest BCUT2D eigenvalue weighted by molar-refractivity contribution is 5.79. The van der Waals surface area contributed by atoms with Crippen LogP contribution in [0.5, 0.6) is 0 Å². The van der Waals surface area contributed by atoms with Gasteiger partial charge < -0.3 is 14.5 Å². The third-order valence-corrected chi connectivity index (χ3v) is 5.00. The van der Waals surface area contributed by atoms with Gasteiger partial charge in [-0.15, -0.1) is 0 Å². The maximum Gasteiger partial charge on any atom is 0.228 e. The molecule has 3 rings (SSSR count). The van der Waals surface area contributed by atoms with E-state index in [-0.39, 0.29) is 17.9 Å². The SMILES string of the molecule is CC[C@@H]1OCCC[C@@H]1C(=O)N1CCN(c2nc(C)cc(C)n2)CC1. The van der Waals surface area contributed by atoms with Gasteiger partial charge in [-0.3, -0.25) is 4.79 Å². The van der Waals surface area contributed by atoms with E-state index in [0.717, 1.165) is 69.4 Å². The van der Waals surface area contributed by atoms with E-state index in [0.29, 0.717) is 0 Å². The fourth-order valence-corrected chi connectivity index (χ4v) is 3.73. The van der Waals surface area contributed by atoms with Gasteiger partial charge in [-0.1, -0.05) is 6.92 Å². The van der Waals surface area contributed by atoms with Crippen molar-refractivity contribution in [3.8, 4) is 0 Å². The number of ether oxygens (including phenoxy) is 1. The number of aryl methyl sites for hydroxylation is 2. The first-order valence-corrected chi connectivity index (χ1v) is 9.06. The smallest absolute Gasteiger partial charge is 0.228 e. The maximum atomic E-state index is 12.9. The van der Waals surface area contributed by atoms with E-state index in [1.165, 1.54) is 0 Å². The van der Waals surface area contributed by atoms with E-state index in [2.05, 4.69) is 21.8 Å². The Morgan fingerprint density at radius 1 is 1.21 bits per heavy atom. The summed E-state index contributed by atoms with van der Waals surface area (Å²) >= 11 is 0. The van der Waals surface area contributed by atoms with Crippen molar-refractivity contribution in [3.05, 3.63) is 17.5 Å². The number of hydrogen-bond acceptors (Lipinski definition) is 5. The number of carbonyl (C=O) groups excluding carboxylic acids is 1. The van der Waals surface area contributed by atoms with Gasteiger partial charge in [0.25, 0.3) is 0 Å². The van der Waals surface area contributed by atoms with Crippen LogP contribution >= 0.6 is 0 Å². The molecular formula is C18H28N4O2. The molecule has 132 valence electrons. The molecule has 6 heteroatoms. The first-order chi connectivity index (χ1) is 11.6. The number of piperazine rings is 1. The van der Waals surface area contributed by atoms with Crippen LogP contribution in [0.2, 0.25) is 0 Å². The second kappa shape index (κ2) is 7.47. The van der Waals surface area contributed by atoms with Gasteiger partial charge >= 0.3 is 0 Å². The zero-order chi connectivity index (χ0) is 17.1. The zero-order valence-corrected chi connectivity index (χ0v) is 15.0. The van der Waals surface area contributed by atoms with E-state index >= 15 is 0 Å². The summed E-state index contributed by atoms with van der Waals surface area (Å²) in [6.07, 6.45) is 2.94. The van der Waals surface area contributed by atoms with E-state index in [1.54, 1.807) is 0 Å². The van der Waals surface area contributed by atoms with Crippen LogP contribution < -0.4 is 4.90 Å². The molecule has 24 heavy (non-hydrogen) atoms. The molecule has 2 fully saturated rings. The van der Waals surface area contributed by atoms with Crippen LogP contribution in [0.25, 0.3) is 0 Å². The van der Waals surface area contributed by atoms with Crippen molar-refractivity contribution < 1.29 is 9.53 Å². The summed E-state index contributed by atoms with van der Waals surface area (Å²) in [6.45, 7) is 9.94. The van der Waals surface area contributed by atoms with Gasteiger partial charge in [0, 0.05) is 44.2 Å². The van der Waals surface area contributed by atoms with E-state index in [1.807, 2.05) is 24.8 Å². The zero-order valence-electron chi connectivity index (χ0n) is 15.0. The van der Waals surface area contributed by atoms with Crippen molar-refractivity contribution in [2.75, 3.05) is 37.7 Å². The molecule has 0 unspecified atom stereocenters. The van der Waals surface area contributed by atoms with Crippen molar-refractivity contribution in [1.29, 1.82) is 0 Å². The summed E-state index contributed by atoms with van der Waals surface area (Å²) < 4.78 is 5.79. The van der Waals surface area contributed by atoms with Crippen molar-refractivity contribution in [1.82, 2.24) is 14.9 Å². The van der Waals surface area contributed by atoms with Crippen molar-refractivity contribution >= 4 is 11.9 Å². The van der Waals surface area contributed by atoms with Crippen LogP contribution in [0, 0.1) is 19.8 Å². The maximum absolute atomic E-state index is 12.9. The Hall–Kier alpha value is -1.69. The third kappa shape index (κ3) is 3.69. The second-order valence-electron chi connectivity index (χ2n) is 6.83. The molecule has 1 amide bonds. The standard InChI is InChI=1S/C18H28N4O2/c1-4-16-15(6-5-11-24-16)17(23)21-7-9-22(10-8-21)18-19-13(2)12-14(3)20-18/h12,15-16H,4-11H2,1-3H3/t15-,16-/m0/s1. The molecule has 0 spiro atoms. The largest absolute Gasteiger partial charge is 0.377 e. The minimum Gasteiger partial charge on any atom is -0.377 e. The highest BCUT2D eigenvalue weighted by Gasteiger charge is 2.35. The molecule has 0 aliphatic carbocycles. The van der Waals surface area contributed by atoms with Gasteiger partial charge in [-0.25, -0.2) is 9.97 Å². The minimum absolute atomic E-state index is 0.0350. The molecule has 6 nitrogen and oxygen atoms in total. The number of rotatable bonds is 3. The van der Waals surface area contributed by atoms with Gasteiger partial charge in [0.2, 0.25) is 11.9 Å². The van der Waals surface area contributed by atoms with Crippen LogP contribution in [0.15, 0.2) is 6.07 Å². The number of nitrogens with zero attached hydrogens (tertiary/aromatic N) is 4. The Bertz CT molecular complexity index is 564. The van der Waals surface area contributed by atoms with Gasteiger partial charge in [0.05, 0.1) is 12.0 Å². The molecule has 2 atom stereocenters. The highest BCUT2D eigenvalue weighted by atomic mass is 16.5. The quantitative estimate of drug-likeness (QED) is 0.847. The lowest BCUT2D eigenvalue weighted by Gasteiger charge is -2.39. The number of anilines is 1. The van der Waals surface area contributed by atoms with Gasteiger partial charge in [0.1, 0.15) is 0 Å². The summed E-state index contributed by atoms with van der Waals surface area (Å²) in [6, 6.07) is 1.98. The van der Waals surface area contributed by atoms with Crippen LogP contribution in [0.4, 0.5) is 5.95 Å². The van der Waals surface area contributed by atoms with Crippen LogP contribution in [0.3, 0.4) is 0 Å². The Labute approximate surface area is 144 Å². The van der Waals surface area contributed by atoms with Gasteiger partial charge in [-0.05, 0) is 39.2 Å². The summed E-state index contributed by atoms with van der Waals surface area (Å²) in [7, 11) is 0. The summed E-state index contributed by atoms with van der Waals surface area (Å²) in [5.74, 6) is 1.09. The lowest BCUT2D eigenvalue weighted by Crippen LogP contribution is -2.53. The van der Waals surface area contributed by atoms with Crippen LogP contribution in [-0.4, -0.2) is 59.7 Å². The Morgan fingerprint density at radius 2 is 1.88 bits per heavy atom. The predicted octanol–water partition coefficient (Wildman–Crippen LogP) is 1.95. The molecule has 2 aliphatic rings. The number of hydrogen-bond donors (Lipinski definition) is 0. The average Bonchev–Trinajstić information content (AvgIpc) is 2.60. The normalized spacial score (nSPS) is 25.0. The lowest BCUT2D eigenvalue weighted by atomic mass is 9.91. The molecule has 0 bridgehead atoms. The van der Waals surface area contributed by atoms with E-state index < -0.39 is 0 Å². The number of carbonyl (C=O) groups is 1. The Balaban J connectivity index is 1.61. The summed E-state index contributed by atoms with van der Waals surface area (Å²) in [4.78, 5) is 26.1. The minimum atomic E-state index is 0.0350. The van der Waals surface area contributed by atoms with Gasteiger partial charge in [-0.2, -0.15) is 0 Å². The Morgan fingerprint density at radius 3 is 2.50 bits per heavy atom. The molecule has 1 aromatic rings. The Kier molecular flexibility index (Phi) is 5.33. The van der Waals surface area contributed by atoms with E-state index in [9.17, 15) is 4.79 Å². The molecule has 2 aliphatic heterocycles. The van der Waals surface area contributed by atoms with Crippen LogP contribution in [-0.2, 0) is 9.53 Å². The fourth-order valence-electron chi connectivity index (χ4n) is 3.73. The first kappa shape index (κ1) is 17.1. The lowest BCUT2D eigenvalue weighted by molar-refractivity contribution is -0.145. The summed E-state index contributed by atoms with van der Waals surface area (Å²) in [5, 5.41) is 0. The molecule has 3 heterocycles. The molecule has 2 saturated heterocycles. The highest BCUT2D eigenvalue weighted by Crippen LogP contribution is 2.26. The molecule has 1 aromatic heterocycles. The topological polar surface area (TPSA) is 58.6 Å². The monoisotopic (exact) mass is 332 g/mol.